The van der Waals surface area contributed by atoms with E-state index in [1.165, 1.54) is 25.7 Å². The fraction of sp³-hybridized carbons (Fsp3) is 0.500. The van der Waals surface area contributed by atoms with Crippen molar-refractivity contribution in [1.82, 2.24) is 0 Å². The SMILES string of the molecule is CC1CCC(Sc2ccccc2C(=O)O)CC1. The van der Waals surface area contributed by atoms with E-state index >= 15 is 0 Å². The van der Waals surface area contributed by atoms with Gasteiger partial charge in [-0.05, 0) is 43.7 Å². The highest BCUT2D eigenvalue weighted by Gasteiger charge is 2.21. The van der Waals surface area contributed by atoms with Gasteiger partial charge in [0.05, 0.1) is 5.56 Å². The first-order valence-corrected chi connectivity index (χ1v) is 7.03. The van der Waals surface area contributed by atoms with E-state index in [4.69, 9.17) is 5.11 Å². The Balaban J connectivity index is 2.05. The van der Waals surface area contributed by atoms with E-state index < -0.39 is 5.97 Å². The molecule has 0 spiro atoms. The molecule has 0 bridgehead atoms. The summed E-state index contributed by atoms with van der Waals surface area (Å²) in [5, 5.41) is 9.71. The van der Waals surface area contributed by atoms with Crippen molar-refractivity contribution in [2.24, 2.45) is 5.92 Å². The van der Waals surface area contributed by atoms with Crippen molar-refractivity contribution in [2.45, 2.75) is 42.8 Å². The third-order valence-electron chi connectivity index (χ3n) is 3.37. The van der Waals surface area contributed by atoms with E-state index in [9.17, 15) is 4.79 Å². The molecule has 0 atom stereocenters. The normalized spacial score (nSPS) is 24.5. The van der Waals surface area contributed by atoms with Gasteiger partial charge in [0.2, 0.25) is 0 Å². The Morgan fingerprint density at radius 1 is 1.24 bits per heavy atom. The highest BCUT2D eigenvalue weighted by atomic mass is 32.2. The van der Waals surface area contributed by atoms with Crippen LogP contribution >= 0.6 is 11.8 Å². The number of carbonyl (C=O) groups is 1. The van der Waals surface area contributed by atoms with Gasteiger partial charge in [-0.15, -0.1) is 11.8 Å². The van der Waals surface area contributed by atoms with Gasteiger partial charge in [-0.3, -0.25) is 0 Å². The third kappa shape index (κ3) is 3.25. The van der Waals surface area contributed by atoms with Crippen molar-refractivity contribution < 1.29 is 9.90 Å². The van der Waals surface area contributed by atoms with Gasteiger partial charge in [-0.2, -0.15) is 0 Å². The lowest BCUT2D eigenvalue weighted by Gasteiger charge is -2.25. The number of benzene rings is 1. The standard InChI is InChI=1S/C14H18O2S/c1-10-6-8-11(9-7-10)17-13-5-3-2-4-12(13)14(15)16/h2-5,10-11H,6-9H2,1H3,(H,15,16). The second-order valence-corrected chi connectivity index (χ2v) is 6.14. The lowest BCUT2D eigenvalue weighted by Crippen LogP contribution is -2.14. The lowest BCUT2D eigenvalue weighted by molar-refractivity contribution is 0.0693. The van der Waals surface area contributed by atoms with Gasteiger partial charge in [-0.25, -0.2) is 4.79 Å². The number of hydrogen-bond acceptors (Lipinski definition) is 2. The molecule has 1 aromatic rings. The van der Waals surface area contributed by atoms with Crippen LogP contribution < -0.4 is 0 Å². The van der Waals surface area contributed by atoms with Crippen LogP contribution in [0.3, 0.4) is 0 Å². The highest BCUT2D eigenvalue weighted by molar-refractivity contribution is 8.00. The summed E-state index contributed by atoms with van der Waals surface area (Å²) in [5.41, 5.74) is 0.441. The fourth-order valence-corrected chi connectivity index (χ4v) is 3.58. The minimum atomic E-state index is -0.822. The molecule has 0 radical (unpaired) electrons. The minimum Gasteiger partial charge on any atom is -0.478 e. The molecule has 1 aromatic carbocycles. The topological polar surface area (TPSA) is 37.3 Å². The molecule has 0 saturated heterocycles. The summed E-state index contributed by atoms with van der Waals surface area (Å²) in [6.45, 7) is 2.30. The summed E-state index contributed by atoms with van der Waals surface area (Å²) < 4.78 is 0. The van der Waals surface area contributed by atoms with Crippen LogP contribution in [0.25, 0.3) is 0 Å². The van der Waals surface area contributed by atoms with Gasteiger partial charge in [0, 0.05) is 10.1 Å². The largest absolute Gasteiger partial charge is 0.478 e. The van der Waals surface area contributed by atoms with Crippen LogP contribution in [0.4, 0.5) is 0 Å². The average Bonchev–Trinajstić information content (AvgIpc) is 2.32. The quantitative estimate of drug-likeness (QED) is 0.879. The monoisotopic (exact) mass is 250 g/mol. The summed E-state index contributed by atoms with van der Waals surface area (Å²) in [4.78, 5) is 12.0. The van der Waals surface area contributed by atoms with Gasteiger partial charge in [0.15, 0.2) is 0 Å². The molecule has 1 aliphatic carbocycles. The molecule has 0 aliphatic heterocycles. The number of aromatic carboxylic acids is 1. The van der Waals surface area contributed by atoms with Crippen molar-refractivity contribution in [2.75, 3.05) is 0 Å². The zero-order valence-corrected chi connectivity index (χ0v) is 10.9. The second kappa shape index (κ2) is 5.58. The Morgan fingerprint density at radius 2 is 1.88 bits per heavy atom. The fourth-order valence-electron chi connectivity index (χ4n) is 2.27. The summed E-state index contributed by atoms with van der Waals surface area (Å²) >= 11 is 1.74. The number of rotatable bonds is 3. The number of thioether (sulfide) groups is 1. The number of carboxylic acids is 1. The molecule has 0 amide bonds. The number of carboxylic acid groups (broad SMARTS) is 1. The van der Waals surface area contributed by atoms with E-state index in [-0.39, 0.29) is 0 Å². The van der Waals surface area contributed by atoms with E-state index in [1.807, 2.05) is 12.1 Å². The average molecular weight is 250 g/mol. The summed E-state index contributed by atoms with van der Waals surface area (Å²) in [6.07, 6.45) is 4.96. The van der Waals surface area contributed by atoms with Crippen molar-refractivity contribution in [3.63, 3.8) is 0 Å². The second-order valence-electron chi connectivity index (χ2n) is 4.80. The predicted octanol–water partition coefficient (Wildman–Crippen LogP) is 4.06. The smallest absolute Gasteiger partial charge is 0.336 e. The van der Waals surface area contributed by atoms with E-state index in [2.05, 4.69) is 6.92 Å². The number of hydrogen-bond donors (Lipinski definition) is 1. The zero-order valence-electron chi connectivity index (χ0n) is 10.1. The van der Waals surface area contributed by atoms with E-state index in [1.54, 1.807) is 23.9 Å². The lowest BCUT2D eigenvalue weighted by atomic mass is 9.91. The highest BCUT2D eigenvalue weighted by Crippen LogP contribution is 2.36. The third-order valence-corrected chi connectivity index (χ3v) is 4.79. The van der Waals surface area contributed by atoms with Gasteiger partial charge in [0.1, 0.15) is 0 Å². The summed E-state index contributed by atoms with van der Waals surface area (Å²) in [7, 11) is 0. The molecule has 0 heterocycles. The van der Waals surface area contributed by atoms with E-state index in [0.717, 1.165) is 10.8 Å². The van der Waals surface area contributed by atoms with Gasteiger partial charge in [-0.1, -0.05) is 19.1 Å². The molecular weight excluding hydrogens is 232 g/mol. The molecule has 1 aliphatic rings. The van der Waals surface area contributed by atoms with E-state index in [0.29, 0.717) is 10.8 Å². The minimum absolute atomic E-state index is 0.441. The van der Waals surface area contributed by atoms with Gasteiger partial charge < -0.3 is 5.11 Å². The molecule has 3 heteroatoms. The van der Waals surface area contributed by atoms with Crippen LogP contribution in [-0.2, 0) is 0 Å². The Bertz CT molecular complexity index is 395. The van der Waals surface area contributed by atoms with Gasteiger partial charge in [0.25, 0.3) is 0 Å². The molecule has 1 N–H and O–H groups in total. The first-order valence-electron chi connectivity index (χ1n) is 6.16. The molecule has 0 unspecified atom stereocenters. The predicted molar refractivity (Wildman–Crippen MR) is 70.7 cm³/mol. The molecule has 0 aromatic heterocycles. The maximum atomic E-state index is 11.1. The molecule has 17 heavy (non-hydrogen) atoms. The van der Waals surface area contributed by atoms with Crippen LogP contribution in [-0.4, -0.2) is 16.3 Å². The molecule has 1 saturated carbocycles. The van der Waals surface area contributed by atoms with Crippen molar-refractivity contribution in [3.05, 3.63) is 29.8 Å². The van der Waals surface area contributed by atoms with Crippen LogP contribution in [0.15, 0.2) is 29.2 Å². The van der Waals surface area contributed by atoms with Crippen LogP contribution in [0, 0.1) is 5.92 Å². The first kappa shape index (κ1) is 12.5. The molecule has 2 rings (SSSR count). The van der Waals surface area contributed by atoms with Crippen LogP contribution in [0.2, 0.25) is 0 Å². The Hall–Kier alpha value is -0.960. The molecule has 1 fully saturated rings. The first-order chi connectivity index (χ1) is 8.16. The summed E-state index contributed by atoms with van der Waals surface area (Å²) in [5.74, 6) is 0.0128. The molecular formula is C14H18O2S. The van der Waals surface area contributed by atoms with Crippen LogP contribution in [0.5, 0.6) is 0 Å². The van der Waals surface area contributed by atoms with Crippen molar-refractivity contribution in [1.29, 1.82) is 0 Å². The Morgan fingerprint density at radius 3 is 2.53 bits per heavy atom. The van der Waals surface area contributed by atoms with Crippen molar-refractivity contribution in [3.8, 4) is 0 Å². The zero-order chi connectivity index (χ0) is 12.3. The Kier molecular flexibility index (Phi) is 4.11. The van der Waals surface area contributed by atoms with Gasteiger partial charge >= 0.3 is 5.97 Å². The van der Waals surface area contributed by atoms with Crippen LogP contribution in [0.1, 0.15) is 43.0 Å². The summed E-state index contributed by atoms with van der Waals surface area (Å²) in [6, 6.07) is 7.32. The maximum absolute atomic E-state index is 11.1. The maximum Gasteiger partial charge on any atom is 0.336 e. The Labute approximate surface area is 106 Å². The molecule has 2 nitrogen and oxygen atoms in total. The van der Waals surface area contributed by atoms with Crippen molar-refractivity contribution >= 4 is 17.7 Å². The molecule has 92 valence electrons.